The zero-order chi connectivity index (χ0) is 24.9. The van der Waals surface area contributed by atoms with Gasteiger partial charge in [-0.1, -0.05) is 30.7 Å². The minimum Gasteiger partial charge on any atom is -0.493 e. The molecule has 0 aliphatic heterocycles. The zero-order valence-electron chi connectivity index (χ0n) is 20.6. The van der Waals surface area contributed by atoms with Crippen molar-refractivity contribution in [3.8, 4) is 45.5 Å². The van der Waals surface area contributed by atoms with Crippen LogP contribution in [0.25, 0.3) is 22.5 Å². The fourth-order valence-electron chi connectivity index (χ4n) is 4.23. The van der Waals surface area contributed by atoms with Crippen molar-refractivity contribution in [1.29, 1.82) is 0 Å². The SMILES string of the molecule is CCc1c(-c2ccc(OC)c(OC)c2)nn(Cc2ccc(Cl)cc2)c1-c1ccc(OC)c(OC)c1. The maximum absolute atomic E-state index is 6.12. The third-order valence-electron chi connectivity index (χ3n) is 5.96. The van der Waals surface area contributed by atoms with E-state index in [-0.39, 0.29) is 0 Å². The first-order valence-corrected chi connectivity index (χ1v) is 11.7. The molecule has 0 saturated heterocycles. The number of ether oxygens (including phenoxy) is 4. The lowest BCUT2D eigenvalue weighted by Gasteiger charge is -2.13. The van der Waals surface area contributed by atoms with Gasteiger partial charge in [-0.15, -0.1) is 0 Å². The summed E-state index contributed by atoms with van der Waals surface area (Å²) in [6.45, 7) is 2.72. The number of hydrogen-bond donors (Lipinski definition) is 0. The molecule has 0 amide bonds. The number of aromatic nitrogens is 2. The van der Waals surface area contributed by atoms with E-state index in [4.69, 9.17) is 35.6 Å². The highest BCUT2D eigenvalue weighted by Crippen LogP contribution is 2.39. The third kappa shape index (κ3) is 4.93. The fourth-order valence-corrected chi connectivity index (χ4v) is 4.36. The van der Waals surface area contributed by atoms with Gasteiger partial charge in [-0.25, -0.2) is 0 Å². The molecule has 1 heterocycles. The van der Waals surface area contributed by atoms with Crippen LogP contribution in [-0.4, -0.2) is 38.2 Å². The van der Waals surface area contributed by atoms with Crippen molar-refractivity contribution in [2.45, 2.75) is 19.9 Å². The Bertz CT molecular complexity index is 1320. The second-order valence-corrected chi connectivity index (χ2v) is 8.39. The molecule has 0 spiro atoms. The summed E-state index contributed by atoms with van der Waals surface area (Å²) in [5.41, 5.74) is 6.09. The van der Waals surface area contributed by atoms with Crippen LogP contribution >= 0.6 is 11.6 Å². The first-order chi connectivity index (χ1) is 17.0. The molecule has 6 nitrogen and oxygen atoms in total. The van der Waals surface area contributed by atoms with Crippen LogP contribution < -0.4 is 18.9 Å². The molecule has 35 heavy (non-hydrogen) atoms. The molecule has 1 aromatic heterocycles. The van der Waals surface area contributed by atoms with E-state index in [2.05, 4.69) is 6.92 Å². The van der Waals surface area contributed by atoms with Crippen molar-refractivity contribution < 1.29 is 18.9 Å². The topological polar surface area (TPSA) is 54.7 Å². The van der Waals surface area contributed by atoms with E-state index < -0.39 is 0 Å². The third-order valence-corrected chi connectivity index (χ3v) is 6.22. The Balaban J connectivity index is 1.92. The number of rotatable bonds is 9. The number of methoxy groups -OCH3 is 4. The van der Waals surface area contributed by atoms with Gasteiger partial charge in [0.1, 0.15) is 0 Å². The Morgan fingerprint density at radius 2 is 1.26 bits per heavy atom. The lowest BCUT2D eigenvalue weighted by Crippen LogP contribution is -2.05. The predicted molar refractivity (Wildman–Crippen MR) is 139 cm³/mol. The largest absolute Gasteiger partial charge is 0.493 e. The summed E-state index contributed by atoms with van der Waals surface area (Å²) in [6.07, 6.45) is 0.786. The van der Waals surface area contributed by atoms with Gasteiger partial charge in [0, 0.05) is 21.7 Å². The van der Waals surface area contributed by atoms with Crippen molar-refractivity contribution in [2.75, 3.05) is 28.4 Å². The number of halogens is 1. The summed E-state index contributed by atoms with van der Waals surface area (Å²) in [4.78, 5) is 0. The minimum absolute atomic E-state index is 0.584. The normalized spacial score (nSPS) is 10.8. The van der Waals surface area contributed by atoms with E-state index in [1.54, 1.807) is 28.4 Å². The molecule has 0 aliphatic rings. The van der Waals surface area contributed by atoms with E-state index >= 15 is 0 Å². The van der Waals surface area contributed by atoms with Gasteiger partial charge in [0.05, 0.1) is 46.4 Å². The maximum Gasteiger partial charge on any atom is 0.161 e. The quantitative estimate of drug-likeness (QED) is 0.266. The summed E-state index contributed by atoms with van der Waals surface area (Å²) >= 11 is 6.12. The molecule has 0 N–H and O–H groups in total. The summed E-state index contributed by atoms with van der Waals surface area (Å²) < 4.78 is 24.1. The predicted octanol–water partition coefficient (Wildman–Crippen LogP) is 6.52. The van der Waals surface area contributed by atoms with E-state index in [0.29, 0.717) is 34.6 Å². The molecule has 4 rings (SSSR count). The van der Waals surface area contributed by atoms with Gasteiger partial charge in [0.25, 0.3) is 0 Å². The van der Waals surface area contributed by atoms with Crippen molar-refractivity contribution in [3.05, 3.63) is 76.8 Å². The molecule has 0 atom stereocenters. The Morgan fingerprint density at radius 3 is 1.80 bits per heavy atom. The molecule has 7 heteroatoms. The van der Waals surface area contributed by atoms with Crippen molar-refractivity contribution in [2.24, 2.45) is 0 Å². The molecule has 0 aliphatic carbocycles. The number of benzene rings is 3. The Labute approximate surface area is 211 Å². The van der Waals surface area contributed by atoms with Crippen LogP contribution in [0.3, 0.4) is 0 Å². The average molecular weight is 493 g/mol. The molecule has 182 valence electrons. The van der Waals surface area contributed by atoms with Crippen LogP contribution in [0.5, 0.6) is 23.0 Å². The first kappa shape index (κ1) is 24.5. The van der Waals surface area contributed by atoms with Gasteiger partial charge in [0.2, 0.25) is 0 Å². The summed E-state index contributed by atoms with van der Waals surface area (Å²) in [5, 5.41) is 5.79. The molecule has 0 unspecified atom stereocenters. The molecule has 0 saturated carbocycles. The first-order valence-electron chi connectivity index (χ1n) is 11.3. The van der Waals surface area contributed by atoms with Gasteiger partial charge < -0.3 is 18.9 Å². The second-order valence-electron chi connectivity index (χ2n) is 7.95. The molecule has 0 fully saturated rings. The van der Waals surface area contributed by atoms with Crippen LogP contribution in [0.15, 0.2) is 60.7 Å². The highest BCUT2D eigenvalue weighted by Gasteiger charge is 2.22. The number of nitrogens with zero attached hydrogens (tertiary/aromatic N) is 2. The summed E-state index contributed by atoms with van der Waals surface area (Å²) in [5.74, 6) is 2.68. The summed E-state index contributed by atoms with van der Waals surface area (Å²) in [6, 6.07) is 19.7. The van der Waals surface area contributed by atoms with Gasteiger partial charge >= 0.3 is 0 Å². The van der Waals surface area contributed by atoms with Crippen LogP contribution in [0.2, 0.25) is 5.02 Å². The van der Waals surface area contributed by atoms with Gasteiger partial charge in [-0.3, -0.25) is 4.68 Å². The second kappa shape index (κ2) is 10.7. The highest BCUT2D eigenvalue weighted by molar-refractivity contribution is 6.30. The zero-order valence-corrected chi connectivity index (χ0v) is 21.3. The Morgan fingerprint density at radius 1 is 0.714 bits per heavy atom. The van der Waals surface area contributed by atoms with Crippen LogP contribution in [0.1, 0.15) is 18.1 Å². The van der Waals surface area contributed by atoms with Gasteiger partial charge in [-0.2, -0.15) is 5.10 Å². The molecular formula is C28H29ClN2O4. The van der Waals surface area contributed by atoms with E-state index in [0.717, 1.165) is 40.1 Å². The lowest BCUT2D eigenvalue weighted by molar-refractivity contribution is 0.355. The van der Waals surface area contributed by atoms with Crippen LogP contribution in [-0.2, 0) is 13.0 Å². The average Bonchev–Trinajstić information content (AvgIpc) is 3.27. The maximum atomic E-state index is 6.12. The standard InChI is InChI=1S/C28H29ClN2O4/c1-6-22-27(19-9-13-23(32-2)25(15-19)34-4)30-31(17-18-7-11-21(29)12-8-18)28(22)20-10-14-24(33-3)26(16-20)35-5/h7-16H,6,17H2,1-5H3. The van der Waals surface area contributed by atoms with E-state index in [1.807, 2.05) is 65.3 Å². The molecule has 0 radical (unpaired) electrons. The molecule has 0 bridgehead atoms. The molecule has 3 aromatic carbocycles. The fraction of sp³-hybridized carbons (Fsp3) is 0.250. The molecular weight excluding hydrogens is 464 g/mol. The lowest BCUT2D eigenvalue weighted by atomic mass is 9.99. The van der Waals surface area contributed by atoms with Gasteiger partial charge in [-0.05, 0) is 60.5 Å². The van der Waals surface area contributed by atoms with Crippen molar-refractivity contribution in [3.63, 3.8) is 0 Å². The van der Waals surface area contributed by atoms with Crippen molar-refractivity contribution in [1.82, 2.24) is 9.78 Å². The Kier molecular flexibility index (Phi) is 7.51. The molecule has 4 aromatic rings. The van der Waals surface area contributed by atoms with E-state index in [9.17, 15) is 0 Å². The van der Waals surface area contributed by atoms with Gasteiger partial charge in [0.15, 0.2) is 23.0 Å². The van der Waals surface area contributed by atoms with Crippen molar-refractivity contribution >= 4 is 11.6 Å². The van der Waals surface area contributed by atoms with Crippen LogP contribution in [0, 0.1) is 0 Å². The monoisotopic (exact) mass is 492 g/mol. The minimum atomic E-state index is 0.584. The summed E-state index contributed by atoms with van der Waals surface area (Å²) in [7, 11) is 6.54. The Hall–Kier alpha value is -3.64. The number of hydrogen-bond acceptors (Lipinski definition) is 5. The van der Waals surface area contributed by atoms with E-state index in [1.165, 1.54) is 0 Å². The smallest absolute Gasteiger partial charge is 0.161 e. The highest BCUT2D eigenvalue weighted by atomic mass is 35.5. The van der Waals surface area contributed by atoms with Crippen LogP contribution in [0.4, 0.5) is 0 Å².